The Labute approximate surface area is 131 Å². The zero-order chi connectivity index (χ0) is 15.7. The Kier molecular flexibility index (Phi) is 4.37. The molecule has 3 unspecified atom stereocenters. The van der Waals surface area contributed by atoms with Crippen LogP contribution in [0.15, 0.2) is 30.3 Å². The summed E-state index contributed by atoms with van der Waals surface area (Å²) in [6.07, 6.45) is 6.83. The summed E-state index contributed by atoms with van der Waals surface area (Å²) in [5.74, 6) is 1.60. The highest BCUT2D eigenvalue weighted by Crippen LogP contribution is 2.56. The molecule has 0 aromatic heterocycles. The van der Waals surface area contributed by atoms with E-state index in [2.05, 4.69) is 6.08 Å². The van der Waals surface area contributed by atoms with Gasteiger partial charge in [-0.1, -0.05) is 18.2 Å². The van der Waals surface area contributed by atoms with Crippen molar-refractivity contribution in [3.63, 3.8) is 0 Å². The molecule has 5 heteroatoms. The molecule has 2 aliphatic carbocycles. The summed E-state index contributed by atoms with van der Waals surface area (Å²) in [5, 5.41) is 0. The summed E-state index contributed by atoms with van der Waals surface area (Å²) in [6, 6.07) is 6.67. The third kappa shape index (κ3) is 3.76. The molecule has 1 aromatic rings. The lowest BCUT2D eigenvalue weighted by Crippen LogP contribution is -2.04. The van der Waals surface area contributed by atoms with E-state index in [-0.39, 0.29) is 11.6 Å². The van der Waals surface area contributed by atoms with Crippen LogP contribution in [0.1, 0.15) is 37.7 Å². The van der Waals surface area contributed by atoms with Crippen LogP contribution in [0.2, 0.25) is 0 Å². The second-order valence-corrected chi connectivity index (χ2v) is 8.00. The Hall–Kier alpha value is -1.20. The number of benzene rings is 1. The molecule has 2 aliphatic rings. The van der Waals surface area contributed by atoms with Crippen molar-refractivity contribution in [1.29, 1.82) is 0 Å². The van der Waals surface area contributed by atoms with Crippen LogP contribution in [-0.4, -0.2) is 18.7 Å². The van der Waals surface area contributed by atoms with Crippen molar-refractivity contribution >= 4 is 15.7 Å². The summed E-state index contributed by atoms with van der Waals surface area (Å²) in [6.45, 7) is 0. The Balaban J connectivity index is 1.55. The van der Waals surface area contributed by atoms with Gasteiger partial charge in [0, 0.05) is 0 Å². The van der Waals surface area contributed by atoms with Crippen molar-refractivity contribution in [2.45, 2.75) is 32.1 Å². The number of halogens is 1. The van der Waals surface area contributed by atoms with Crippen LogP contribution in [0.25, 0.3) is 5.57 Å². The summed E-state index contributed by atoms with van der Waals surface area (Å²) < 4.78 is 43.2. The van der Waals surface area contributed by atoms with Crippen molar-refractivity contribution in [1.82, 2.24) is 0 Å². The summed E-state index contributed by atoms with van der Waals surface area (Å²) in [5.41, 5.74) is 2.40. The minimum absolute atomic E-state index is 0.125. The normalized spacial score (nSPS) is 27.7. The summed E-state index contributed by atoms with van der Waals surface area (Å²) >= 11 is 0. The Morgan fingerprint density at radius 2 is 1.91 bits per heavy atom. The molecule has 1 saturated carbocycles. The third-order valence-corrected chi connectivity index (χ3v) is 5.85. The molecule has 0 heterocycles. The molecule has 3 nitrogen and oxygen atoms in total. The minimum Gasteiger partial charge on any atom is -0.286 e. The topological polar surface area (TPSA) is 54.4 Å². The first-order valence-electron chi connectivity index (χ1n) is 7.84. The molecule has 1 fully saturated rings. The van der Waals surface area contributed by atoms with Crippen LogP contribution in [-0.2, 0) is 10.1 Å². The predicted molar refractivity (Wildman–Crippen MR) is 84.3 cm³/mol. The average molecular weight is 324 g/mol. The highest BCUT2D eigenvalue weighted by atomic mass is 32.2. The maximum atomic E-state index is 13.0. The van der Waals surface area contributed by atoms with E-state index < -0.39 is 10.1 Å². The molecule has 1 N–H and O–H groups in total. The highest BCUT2D eigenvalue weighted by molar-refractivity contribution is 7.85. The van der Waals surface area contributed by atoms with Crippen LogP contribution < -0.4 is 0 Å². The fourth-order valence-electron chi connectivity index (χ4n) is 3.86. The fourth-order valence-corrected chi connectivity index (χ4v) is 4.39. The van der Waals surface area contributed by atoms with Crippen molar-refractivity contribution in [3.05, 3.63) is 41.7 Å². The number of fused-ring (bicyclic) bond motifs is 1. The fraction of sp³-hybridized carbons (Fsp3) is 0.529. The lowest BCUT2D eigenvalue weighted by Gasteiger charge is -2.08. The highest BCUT2D eigenvalue weighted by Gasteiger charge is 2.48. The van der Waals surface area contributed by atoms with Gasteiger partial charge in [0.25, 0.3) is 10.1 Å². The Morgan fingerprint density at radius 1 is 1.18 bits per heavy atom. The SMILES string of the molecule is O=S(=O)(O)CCCC1C2CC=C(c3ccc(F)cc3)CCC21. The van der Waals surface area contributed by atoms with E-state index in [1.54, 1.807) is 0 Å². The molecule has 3 rings (SSSR count). The van der Waals surface area contributed by atoms with Crippen LogP contribution in [0.4, 0.5) is 4.39 Å². The first-order valence-corrected chi connectivity index (χ1v) is 9.45. The lowest BCUT2D eigenvalue weighted by molar-refractivity contribution is 0.477. The Bertz CT molecular complexity index is 664. The van der Waals surface area contributed by atoms with E-state index in [9.17, 15) is 12.8 Å². The van der Waals surface area contributed by atoms with E-state index in [1.807, 2.05) is 12.1 Å². The smallest absolute Gasteiger partial charge is 0.264 e. The zero-order valence-electron chi connectivity index (χ0n) is 12.4. The second kappa shape index (κ2) is 6.13. The molecule has 0 saturated heterocycles. The van der Waals surface area contributed by atoms with E-state index in [0.29, 0.717) is 24.2 Å². The van der Waals surface area contributed by atoms with Crippen molar-refractivity contribution in [2.24, 2.45) is 17.8 Å². The largest absolute Gasteiger partial charge is 0.286 e. The van der Waals surface area contributed by atoms with Gasteiger partial charge < -0.3 is 0 Å². The maximum Gasteiger partial charge on any atom is 0.264 e. The second-order valence-electron chi connectivity index (χ2n) is 6.43. The number of hydrogen-bond acceptors (Lipinski definition) is 2. The molecule has 1 aromatic carbocycles. The molecule has 3 atom stereocenters. The molecule has 120 valence electrons. The molecular weight excluding hydrogens is 303 g/mol. The molecule has 0 amide bonds. The van der Waals surface area contributed by atoms with Gasteiger partial charge >= 0.3 is 0 Å². The zero-order valence-corrected chi connectivity index (χ0v) is 13.2. The third-order valence-electron chi connectivity index (χ3n) is 5.05. The van der Waals surface area contributed by atoms with Gasteiger partial charge in [-0.25, -0.2) is 4.39 Å². The van der Waals surface area contributed by atoms with Gasteiger partial charge in [0.15, 0.2) is 0 Å². The van der Waals surface area contributed by atoms with Crippen molar-refractivity contribution < 1.29 is 17.4 Å². The van der Waals surface area contributed by atoms with Crippen LogP contribution in [0.3, 0.4) is 0 Å². The average Bonchev–Trinajstić information content (AvgIpc) is 3.14. The number of hydrogen-bond donors (Lipinski definition) is 1. The minimum atomic E-state index is -3.82. The molecule has 0 radical (unpaired) electrons. The lowest BCUT2D eigenvalue weighted by atomic mass is 9.98. The van der Waals surface area contributed by atoms with E-state index in [4.69, 9.17) is 4.55 Å². The number of rotatable bonds is 5. The predicted octanol–water partition coefficient (Wildman–Crippen LogP) is 3.92. The maximum absolute atomic E-state index is 13.0. The van der Waals surface area contributed by atoms with Crippen molar-refractivity contribution in [3.8, 4) is 0 Å². The first-order chi connectivity index (χ1) is 10.4. The molecule has 0 bridgehead atoms. The molecular formula is C17H21FO3S. The van der Waals surface area contributed by atoms with Gasteiger partial charge in [-0.05, 0) is 73.1 Å². The van der Waals surface area contributed by atoms with Gasteiger partial charge in [-0.2, -0.15) is 8.42 Å². The molecule has 22 heavy (non-hydrogen) atoms. The van der Waals surface area contributed by atoms with Crippen LogP contribution in [0, 0.1) is 23.6 Å². The van der Waals surface area contributed by atoms with Gasteiger partial charge in [-0.3, -0.25) is 4.55 Å². The number of allylic oxidation sites excluding steroid dienone is 2. The van der Waals surface area contributed by atoms with Gasteiger partial charge in [0.05, 0.1) is 5.75 Å². The summed E-state index contributed by atoms with van der Waals surface area (Å²) in [4.78, 5) is 0. The van der Waals surface area contributed by atoms with E-state index >= 15 is 0 Å². The molecule has 0 aliphatic heterocycles. The van der Waals surface area contributed by atoms with Gasteiger partial charge in [-0.15, -0.1) is 0 Å². The van der Waals surface area contributed by atoms with E-state index in [1.165, 1.54) is 17.7 Å². The Morgan fingerprint density at radius 3 is 2.59 bits per heavy atom. The summed E-state index contributed by atoms with van der Waals surface area (Å²) in [7, 11) is -3.82. The first kappa shape index (κ1) is 15.7. The van der Waals surface area contributed by atoms with Crippen molar-refractivity contribution in [2.75, 3.05) is 5.75 Å². The van der Waals surface area contributed by atoms with Gasteiger partial charge in [0.1, 0.15) is 5.82 Å². The quantitative estimate of drug-likeness (QED) is 0.835. The van der Waals surface area contributed by atoms with Gasteiger partial charge in [0.2, 0.25) is 0 Å². The monoisotopic (exact) mass is 324 g/mol. The van der Waals surface area contributed by atoms with Crippen LogP contribution in [0.5, 0.6) is 0 Å². The van der Waals surface area contributed by atoms with Crippen LogP contribution >= 0.6 is 0 Å². The molecule has 0 spiro atoms. The van der Waals surface area contributed by atoms with E-state index in [0.717, 1.165) is 31.2 Å². The standard InChI is InChI=1S/C17H21FO3S/c18-14-7-3-12(4-8-14)13-5-9-16-15(17(16)10-6-13)2-1-11-22(19,20)21/h3-5,7-8,15-17H,1-2,6,9-11H2,(H,19,20,21).